The van der Waals surface area contributed by atoms with E-state index in [2.05, 4.69) is 34.6 Å². The van der Waals surface area contributed by atoms with E-state index in [0.29, 0.717) is 11.8 Å². The van der Waals surface area contributed by atoms with Crippen LogP contribution in [0.5, 0.6) is 11.5 Å². The van der Waals surface area contributed by atoms with E-state index in [9.17, 15) is 10.2 Å². The van der Waals surface area contributed by atoms with Gasteiger partial charge >= 0.3 is 0 Å². The van der Waals surface area contributed by atoms with E-state index in [4.69, 9.17) is 0 Å². The number of aromatic hydroxyl groups is 2. The summed E-state index contributed by atoms with van der Waals surface area (Å²) in [5, 5.41) is 19.9. The highest BCUT2D eigenvalue weighted by atomic mass is 16.3. The van der Waals surface area contributed by atoms with E-state index in [1.54, 1.807) is 12.1 Å². The Kier molecular flexibility index (Phi) is 10.8. The Balaban J connectivity index is 0.000000639. The second-order valence-electron chi connectivity index (χ2n) is 6.60. The average Bonchev–Trinajstić information content (AvgIpc) is 2.39. The molecule has 2 heteroatoms. The molecule has 0 amide bonds. The quantitative estimate of drug-likeness (QED) is 0.619. The van der Waals surface area contributed by atoms with Crippen LogP contribution < -0.4 is 0 Å². The molecule has 1 saturated carbocycles. The predicted octanol–water partition coefficient (Wildman–Crippen LogP) is 6.53. The van der Waals surface area contributed by atoms with Gasteiger partial charge in [-0.25, -0.2) is 0 Å². The average molecular weight is 309 g/mol. The summed E-state index contributed by atoms with van der Waals surface area (Å²) < 4.78 is 0. The fourth-order valence-electron chi connectivity index (χ4n) is 2.87. The maximum Gasteiger partial charge on any atom is 0.123 e. The van der Waals surface area contributed by atoms with Crippen LogP contribution >= 0.6 is 0 Å². The molecule has 2 rings (SSSR count). The molecule has 22 heavy (non-hydrogen) atoms. The van der Waals surface area contributed by atoms with Gasteiger partial charge < -0.3 is 10.2 Å². The SMILES string of the molecule is CCC.CCC.Cc1cc(O)c(C2CCCC(C)C2)c(O)c1. The van der Waals surface area contributed by atoms with Crippen molar-refractivity contribution in [1.29, 1.82) is 0 Å². The summed E-state index contributed by atoms with van der Waals surface area (Å²) in [4.78, 5) is 0. The summed E-state index contributed by atoms with van der Waals surface area (Å²) in [6.07, 6.45) is 7.11. The van der Waals surface area contributed by atoms with Crippen molar-refractivity contribution in [2.45, 2.75) is 86.0 Å². The minimum atomic E-state index is 0.261. The van der Waals surface area contributed by atoms with Gasteiger partial charge in [0.05, 0.1) is 0 Å². The van der Waals surface area contributed by atoms with Crippen molar-refractivity contribution in [3.63, 3.8) is 0 Å². The lowest BCUT2D eigenvalue weighted by Crippen LogP contribution is -2.12. The van der Waals surface area contributed by atoms with Gasteiger partial charge in [-0.15, -0.1) is 0 Å². The monoisotopic (exact) mass is 308 g/mol. The number of benzene rings is 1. The summed E-state index contributed by atoms with van der Waals surface area (Å²) in [5.74, 6) is 1.54. The number of phenolic OH excluding ortho intramolecular Hbond substituents is 2. The molecule has 1 aromatic rings. The third kappa shape index (κ3) is 7.20. The zero-order valence-corrected chi connectivity index (χ0v) is 15.4. The van der Waals surface area contributed by atoms with Gasteiger partial charge in [0, 0.05) is 5.56 Å². The van der Waals surface area contributed by atoms with Crippen molar-refractivity contribution in [3.05, 3.63) is 23.3 Å². The third-order valence-electron chi connectivity index (χ3n) is 3.63. The molecule has 2 unspecified atom stereocenters. The van der Waals surface area contributed by atoms with Crippen LogP contribution in [0.3, 0.4) is 0 Å². The Labute approximate surface area is 137 Å². The van der Waals surface area contributed by atoms with Gasteiger partial charge in [-0.1, -0.05) is 60.3 Å². The molecule has 128 valence electrons. The van der Waals surface area contributed by atoms with Crippen LogP contribution in [-0.4, -0.2) is 10.2 Å². The van der Waals surface area contributed by atoms with Crippen molar-refractivity contribution in [2.24, 2.45) is 5.92 Å². The topological polar surface area (TPSA) is 40.5 Å². The summed E-state index contributed by atoms with van der Waals surface area (Å²) in [7, 11) is 0. The van der Waals surface area contributed by atoms with Crippen LogP contribution in [0.25, 0.3) is 0 Å². The van der Waals surface area contributed by atoms with Crippen LogP contribution in [0.2, 0.25) is 0 Å². The zero-order valence-electron chi connectivity index (χ0n) is 15.4. The van der Waals surface area contributed by atoms with E-state index >= 15 is 0 Å². The van der Waals surface area contributed by atoms with Gasteiger partial charge in [-0.2, -0.15) is 0 Å². The molecule has 0 aliphatic heterocycles. The van der Waals surface area contributed by atoms with Gasteiger partial charge in [0.15, 0.2) is 0 Å². The predicted molar refractivity (Wildman–Crippen MR) is 96.8 cm³/mol. The van der Waals surface area contributed by atoms with Crippen molar-refractivity contribution >= 4 is 0 Å². The number of hydrogen-bond acceptors (Lipinski definition) is 2. The molecule has 1 fully saturated rings. The second kappa shape index (κ2) is 11.4. The first kappa shape index (κ1) is 20.8. The number of phenols is 2. The lowest BCUT2D eigenvalue weighted by atomic mass is 9.78. The fraction of sp³-hybridized carbons (Fsp3) is 0.700. The Hall–Kier alpha value is -1.18. The molecule has 0 heterocycles. The van der Waals surface area contributed by atoms with Gasteiger partial charge in [-0.05, 0) is 49.3 Å². The summed E-state index contributed by atoms with van der Waals surface area (Å²) in [6, 6.07) is 3.49. The molecule has 1 aromatic carbocycles. The van der Waals surface area contributed by atoms with Gasteiger partial charge in [0.2, 0.25) is 0 Å². The molecular weight excluding hydrogens is 272 g/mol. The Bertz CT molecular complexity index is 387. The molecular formula is C20H36O2. The molecule has 0 aromatic heterocycles. The molecule has 0 bridgehead atoms. The van der Waals surface area contributed by atoms with E-state index in [-0.39, 0.29) is 11.5 Å². The third-order valence-corrected chi connectivity index (χ3v) is 3.63. The first-order chi connectivity index (χ1) is 10.4. The van der Waals surface area contributed by atoms with E-state index in [0.717, 1.165) is 24.0 Å². The molecule has 2 N–H and O–H groups in total. The maximum absolute atomic E-state index is 9.95. The van der Waals surface area contributed by atoms with Crippen LogP contribution in [0.4, 0.5) is 0 Å². The second-order valence-corrected chi connectivity index (χ2v) is 6.60. The normalized spacial score (nSPS) is 20.3. The van der Waals surface area contributed by atoms with Crippen molar-refractivity contribution in [3.8, 4) is 11.5 Å². The number of aryl methyl sites for hydroxylation is 1. The minimum Gasteiger partial charge on any atom is -0.508 e. The lowest BCUT2D eigenvalue weighted by Gasteiger charge is -2.28. The van der Waals surface area contributed by atoms with E-state index in [1.807, 2.05) is 6.92 Å². The standard InChI is InChI=1S/C14H20O2.2C3H8/c1-9-4-3-5-11(6-9)14-12(15)7-10(2)8-13(14)16;2*1-3-2/h7-9,11,15-16H,3-6H2,1-2H3;2*3H2,1-2H3. The molecule has 0 radical (unpaired) electrons. The van der Waals surface area contributed by atoms with Crippen molar-refractivity contribution in [2.75, 3.05) is 0 Å². The first-order valence-corrected chi connectivity index (χ1v) is 8.93. The maximum atomic E-state index is 9.95. The summed E-state index contributed by atoms with van der Waals surface area (Å²) >= 11 is 0. The molecule has 2 nitrogen and oxygen atoms in total. The van der Waals surface area contributed by atoms with E-state index in [1.165, 1.54) is 25.7 Å². The number of rotatable bonds is 1. The Morgan fingerprint density at radius 2 is 1.41 bits per heavy atom. The van der Waals surface area contributed by atoms with Gasteiger partial charge in [0.25, 0.3) is 0 Å². The Morgan fingerprint density at radius 1 is 0.955 bits per heavy atom. The lowest BCUT2D eigenvalue weighted by molar-refractivity contribution is 0.327. The van der Waals surface area contributed by atoms with E-state index < -0.39 is 0 Å². The number of hydrogen-bond donors (Lipinski definition) is 2. The van der Waals surface area contributed by atoms with Crippen LogP contribution in [-0.2, 0) is 0 Å². The summed E-state index contributed by atoms with van der Waals surface area (Å²) in [6.45, 7) is 12.6. The minimum absolute atomic E-state index is 0.261. The van der Waals surface area contributed by atoms with Gasteiger partial charge in [-0.3, -0.25) is 0 Å². The Morgan fingerprint density at radius 3 is 1.82 bits per heavy atom. The first-order valence-electron chi connectivity index (χ1n) is 8.93. The summed E-state index contributed by atoms with van der Waals surface area (Å²) in [5.41, 5.74) is 1.67. The highest BCUT2D eigenvalue weighted by molar-refractivity contribution is 5.48. The van der Waals surface area contributed by atoms with Crippen molar-refractivity contribution < 1.29 is 10.2 Å². The van der Waals surface area contributed by atoms with Crippen molar-refractivity contribution in [1.82, 2.24) is 0 Å². The molecule has 1 aliphatic rings. The smallest absolute Gasteiger partial charge is 0.123 e. The molecule has 1 aliphatic carbocycles. The van der Waals surface area contributed by atoms with Gasteiger partial charge in [0.1, 0.15) is 11.5 Å². The molecule has 0 saturated heterocycles. The molecule has 0 spiro atoms. The molecule has 2 atom stereocenters. The highest BCUT2D eigenvalue weighted by Crippen LogP contribution is 2.43. The zero-order chi connectivity index (χ0) is 17.1. The van der Waals surface area contributed by atoms with Crippen LogP contribution in [0.15, 0.2) is 12.1 Å². The largest absolute Gasteiger partial charge is 0.508 e. The highest BCUT2D eigenvalue weighted by Gasteiger charge is 2.25. The van der Waals surface area contributed by atoms with Crippen LogP contribution in [0, 0.1) is 12.8 Å². The van der Waals surface area contributed by atoms with Crippen LogP contribution in [0.1, 0.15) is 90.2 Å². The fourth-order valence-corrected chi connectivity index (χ4v) is 2.87.